The van der Waals surface area contributed by atoms with Gasteiger partial charge in [0.1, 0.15) is 5.25 Å². The molecule has 4 aromatic rings. The van der Waals surface area contributed by atoms with Gasteiger partial charge >= 0.3 is 0 Å². The lowest BCUT2D eigenvalue weighted by atomic mass is 10.1. The predicted molar refractivity (Wildman–Crippen MR) is 121 cm³/mol. The highest BCUT2D eigenvalue weighted by Gasteiger charge is 2.30. The average molecular weight is 454 g/mol. The number of rotatable bonds is 7. The molecule has 4 rings (SSSR count). The summed E-state index contributed by atoms with van der Waals surface area (Å²) >= 11 is 5.91. The summed E-state index contributed by atoms with van der Waals surface area (Å²) in [5, 5.41) is 3.22. The molecule has 0 aliphatic carbocycles. The zero-order chi connectivity index (χ0) is 21.8. The summed E-state index contributed by atoms with van der Waals surface area (Å²) in [5.74, 6) is -0.259. The lowest BCUT2D eigenvalue weighted by Gasteiger charge is -2.19. The summed E-state index contributed by atoms with van der Waals surface area (Å²) in [6.45, 7) is -0.0716. The van der Waals surface area contributed by atoms with Gasteiger partial charge in [0.2, 0.25) is 5.91 Å². The number of halogens is 1. The SMILES string of the molecule is O=C(Cc1c[nH]c2ccccc12)NCC(c1cccnc1)S(=O)(=O)c1ccc(Cl)cc1. The molecule has 1 unspecified atom stereocenters. The number of sulfone groups is 1. The molecule has 2 aromatic carbocycles. The maximum atomic E-state index is 13.3. The molecule has 0 saturated carbocycles. The molecule has 0 bridgehead atoms. The van der Waals surface area contributed by atoms with Gasteiger partial charge in [-0.1, -0.05) is 35.9 Å². The van der Waals surface area contributed by atoms with Crippen LogP contribution < -0.4 is 5.32 Å². The number of carbonyl (C=O) groups excluding carboxylic acids is 1. The molecule has 0 aliphatic rings. The molecule has 1 atom stereocenters. The summed E-state index contributed by atoms with van der Waals surface area (Å²) in [4.78, 5) is 20.0. The number of pyridine rings is 1. The first-order valence-electron chi connectivity index (χ1n) is 9.66. The van der Waals surface area contributed by atoms with Gasteiger partial charge < -0.3 is 10.3 Å². The zero-order valence-electron chi connectivity index (χ0n) is 16.5. The Bertz CT molecular complexity index is 1300. The van der Waals surface area contributed by atoms with Crippen LogP contribution in [0.15, 0.2) is 84.1 Å². The van der Waals surface area contributed by atoms with Crippen molar-refractivity contribution in [2.24, 2.45) is 0 Å². The Morgan fingerprint density at radius 2 is 1.84 bits per heavy atom. The van der Waals surface area contributed by atoms with Gasteiger partial charge in [0.05, 0.1) is 11.3 Å². The van der Waals surface area contributed by atoms with Crippen molar-refractivity contribution in [2.45, 2.75) is 16.6 Å². The van der Waals surface area contributed by atoms with Crippen LogP contribution in [0.25, 0.3) is 10.9 Å². The smallest absolute Gasteiger partial charge is 0.224 e. The fourth-order valence-electron chi connectivity index (χ4n) is 3.48. The van der Waals surface area contributed by atoms with Crippen LogP contribution in [0.4, 0.5) is 0 Å². The van der Waals surface area contributed by atoms with Crippen LogP contribution in [-0.4, -0.2) is 30.8 Å². The van der Waals surface area contributed by atoms with Gasteiger partial charge in [0.25, 0.3) is 0 Å². The highest BCUT2D eigenvalue weighted by Crippen LogP contribution is 2.29. The summed E-state index contributed by atoms with van der Waals surface area (Å²) in [7, 11) is -3.78. The summed E-state index contributed by atoms with van der Waals surface area (Å²) in [5.41, 5.74) is 2.31. The maximum Gasteiger partial charge on any atom is 0.224 e. The topological polar surface area (TPSA) is 91.9 Å². The van der Waals surface area contributed by atoms with Crippen LogP contribution in [0.5, 0.6) is 0 Å². The van der Waals surface area contributed by atoms with E-state index in [0.29, 0.717) is 10.6 Å². The zero-order valence-corrected chi connectivity index (χ0v) is 18.0. The van der Waals surface area contributed by atoms with Crippen molar-refractivity contribution in [3.8, 4) is 0 Å². The highest BCUT2D eigenvalue weighted by molar-refractivity contribution is 7.91. The monoisotopic (exact) mass is 453 g/mol. The molecule has 8 heteroatoms. The molecule has 1 amide bonds. The quantitative estimate of drug-likeness (QED) is 0.441. The molecule has 31 heavy (non-hydrogen) atoms. The molecule has 0 aliphatic heterocycles. The Balaban J connectivity index is 1.55. The minimum Gasteiger partial charge on any atom is -0.361 e. The Hall–Kier alpha value is -3.16. The molecular weight excluding hydrogens is 434 g/mol. The molecule has 2 heterocycles. The maximum absolute atomic E-state index is 13.3. The molecule has 0 spiro atoms. The number of hydrogen-bond acceptors (Lipinski definition) is 4. The van der Waals surface area contributed by atoms with Gasteiger partial charge in [0.15, 0.2) is 9.84 Å². The van der Waals surface area contributed by atoms with E-state index < -0.39 is 15.1 Å². The Morgan fingerprint density at radius 1 is 1.06 bits per heavy atom. The van der Waals surface area contributed by atoms with E-state index in [0.717, 1.165) is 16.5 Å². The van der Waals surface area contributed by atoms with Gasteiger partial charge in [-0.05, 0) is 47.5 Å². The predicted octanol–water partition coefficient (Wildman–Crippen LogP) is 4.09. The molecular formula is C23H20ClN3O3S. The van der Waals surface area contributed by atoms with Gasteiger partial charge in [-0.2, -0.15) is 0 Å². The van der Waals surface area contributed by atoms with Crippen LogP contribution in [0, 0.1) is 0 Å². The standard InChI is InChI=1S/C23H20ClN3O3S/c24-18-7-9-19(10-8-18)31(29,30)22(16-4-3-11-25-13-16)15-27-23(28)12-17-14-26-21-6-2-1-5-20(17)21/h1-11,13-14,22,26H,12,15H2,(H,27,28). The molecule has 0 radical (unpaired) electrons. The van der Waals surface area contributed by atoms with Crippen molar-refractivity contribution < 1.29 is 13.2 Å². The minimum atomic E-state index is -3.78. The number of carbonyl (C=O) groups is 1. The van der Waals surface area contributed by atoms with E-state index in [1.807, 2.05) is 24.3 Å². The number of aromatic amines is 1. The van der Waals surface area contributed by atoms with E-state index in [2.05, 4.69) is 15.3 Å². The van der Waals surface area contributed by atoms with Crippen molar-refractivity contribution in [3.63, 3.8) is 0 Å². The normalized spacial score (nSPS) is 12.5. The Kier molecular flexibility index (Phi) is 6.06. The Morgan fingerprint density at radius 3 is 2.58 bits per heavy atom. The number of nitrogens with zero attached hydrogens (tertiary/aromatic N) is 1. The van der Waals surface area contributed by atoms with Gasteiger partial charge in [0, 0.05) is 41.1 Å². The second-order valence-corrected chi connectivity index (χ2v) is 9.68. The Labute approximate surface area is 185 Å². The minimum absolute atomic E-state index is 0.0716. The average Bonchev–Trinajstić information content (AvgIpc) is 3.17. The van der Waals surface area contributed by atoms with Crippen molar-refractivity contribution in [2.75, 3.05) is 6.54 Å². The first-order valence-corrected chi connectivity index (χ1v) is 11.6. The number of benzene rings is 2. The second-order valence-electron chi connectivity index (χ2n) is 7.11. The third kappa shape index (κ3) is 4.62. The van der Waals surface area contributed by atoms with Crippen LogP contribution >= 0.6 is 11.6 Å². The van der Waals surface area contributed by atoms with E-state index in [1.165, 1.54) is 30.5 Å². The largest absolute Gasteiger partial charge is 0.361 e. The van der Waals surface area contributed by atoms with Crippen molar-refractivity contribution in [3.05, 3.63) is 95.4 Å². The van der Waals surface area contributed by atoms with E-state index in [9.17, 15) is 13.2 Å². The third-order valence-corrected chi connectivity index (χ3v) is 7.45. The van der Waals surface area contributed by atoms with Crippen molar-refractivity contribution >= 4 is 38.2 Å². The van der Waals surface area contributed by atoms with Crippen molar-refractivity contribution in [1.82, 2.24) is 15.3 Å². The lowest BCUT2D eigenvalue weighted by molar-refractivity contribution is -0.120. The first kappa shape index (κ1) is 21.1. The van der Waals surface area contributed by atoms with Crippen molar-refractivity contribution in [1.29, 1.82) is 0 Å². The number of hydrogen-bond donors (Lipinski definition) is 2. The third-order valence-electron chi connectivity index (χ3n) is 5.08. The number of aromatic nitrogens is 2. The fraction of sp³-hybridized carbons (Fsp3) is 0.130. The number of H-pyrrole nitrogens is 1. The number of fused-ring (bicyclic) bond motifs is 1. The first-order chi connectivity index (χ1) is 14.9. The van der Waals surface area contributed by atoms with Crippen LogP contribution in [0.1, 0.15) is 16.4 Å². The molecule has 0 saturated heterocycles. The van der Waals surface area contributed by atoms with Crippen LogP contribution in [0.2, 0.25) is 5.02 Å². The van der Waals surface area contributed by atoms with E-state index in [4.69, 9.17) is 11.6 Å². The number of nitrogens with one attached hydrogen (secondary N) is 2. The molecule has 6 nitrogen and oxygen atoms in total. The lowest BCUT2D eigenvalue weighted by Crippen LogP contribution is -2.33. The highest BCUT2D eigenvalue weighted by atomic mass is 35.5. The summed E-state index contributed by atoms with van der Waals surface area (Å²) in [6, 6.07) is 17.1. The van der Waals surface area contributed by atoms with E-state index >= 15 is 0 Å². The fourth-order valence-corrected chi connectivity index (χ4v) is 5.25. The van der Waals surface area contributed by atoms with E-state index in [-0.39, 0.29) is 23.8 Å². The number of para-hydroxylation sites is 1. The van der Waals surface area contributed by atoms with E-state index in [1.54, 1.807) is 24.5 Å². The van der Waals surface area contributed by atoms with Gasteiger partial charge in [-0.15, -0.1) is 0 Å². The molecule has 2 aromatic heterocycles. The van der Waals surface area contributed by atoms with Crippen LogP contribution in [0.3, 0.4) is 0 Å². The summed E-state index contributed by atoms with van der Waals surface area (Å²) in [6.07, 6.45) is 5.02. The van der Waals surface area contributed by atoms with Gasteiger partial charge in [-0.3, -0.25) is 9.78 Å². The second kappa shape index (κ2) is 8.91. The number of amides is 1. The van der Waals surface area contributed by atoms with Gasteiger partial charge in [-0.25, -0.2) is 8.42 Å². The van der Waals surface area contributed by atoms with Crippen LogP contribution in [-0.2, 0) is 21.1 Å². The summed E-state index contributed by atoms with van der Waals surface area (Å²) < 4.78 is 26.6. The molecule has 158 valence electrons. The molecule has 0 fully saturated rings. The molecule has 2 N–H and O–H groups in total.